The van der Waals surface area contributed by atoms with Gasteiger partial charge >= 0.3 is 0 Å². The summed E-state index contributed by atoms with van der Waals surface area (Å²) in [4.78, 5) is 17.6. The van der Waals surface area contributed by atoms with Crippen LogP contribution >= 0.6 is 12.2 Å². The highest BCUT2D eigenvalue weighted by atomic mass is 32.1. The minimum Gasteiger partial charge on any atom is -0.353 e. The predicted molar refractivity (Wildman–Crippen MR) is 139 cm³/mol. The van der Waals surface area contributed by atoms with Gasteiger partial charge in [-0.1, -0.05) is 68.9 Å². The van der Waals surface area contributed by atoms with Gasteiger partial charge in [0.05, 0.1) is 6.54 Å². The maximum absolute atomic E-state index is 12.6. The van der Waals surface area contributed by atoms with Crippen molar-refractivity contribution in [3.63, 3.8) is 0 Å². The van der Waals surface area contributed by atoms with E-state index in [4.69, 9.17) is 12.2 Å². The van der Waals surface area contributed by atoms with Gasteiger partial charge in [0.25, 0.3) is 0 Å². The molecule has 0 bridgehead atoms. The summed E-state index contributed by atoms with van der Waals surface area (Å²) in [5.74, 6) is 0.643. The number of piperazine rings is 1. The predicted octanol–water partition coefficient (Wildman–Crippen LogP) is 4.38. The first kappa shape index (κ1) is 24.5. The molecule has 1 saturated heterocycles. The van der Waals surface area contributed by atoms with E-state index in [0.29, 0.717) is 12.0 Å². The Balaban J connectivity index is 1.32. The van der Waals surface area contributed by atoms with Crippen LogP contribution in [-0.4, -0.2) is 58.6 Å². The van der Waals surface area contributed by atoms with Gasteiger partial charge in [-0.3, -0.25) is 9.69 Å². The van der Waals surface area contributed by atoms with Crippen LogP contribution in [-0.2, 0) is 11.3 Å². The minimum atomic E-state index is 0.0708. The summed E-state index contributed by atoms with van der Waals surface area (Å²) in [6.45, 7) is 8.58. The van der Waals surface area contributed by atoms with Crippen molar-refractivity contribution in [3.05, 3.63) is 35.4 Å². The van der Waals surface area contributed by atoms with Crippen LogP contribution in [0.5, 0.6) is 0 Å². The fourth-order valence-electron chi connectivity index (χ4n) is 6.09. The molecule has 1 heterocycles. The van der Waals surface area contributed by atoms with Crippen molar-refractivity contribution in [2.24, 2.45) is 5.92 Å². The summed E-state index contributed by atoms with van der Waals surface area (Å²) >= 11 is 5.77. The number of aryl methyl sites for hydroxylation is 1. The SMILES string of the molecule is Cc1ccc(CN2CCN(C(=S)NCC(=O)N[C@H]3CCCC[C@@H]3C)CC23CCCCC3)cc1. The lowest BCUT2D eigenvalue weighted by Crippen LogP contribution is -2.64. The third kappa shape index (κ3) is 6.27. The molecule has 0 radical (unpaired) electrons. The van der Waals surface area contributed by atoms with Crippen LogP contribution in [0.25, 0.3) is 0 Å². The molecule has 1 aromatic rings. The van der Waals surface area contributed by atoms with Crippen LogP contribution in [0, 0.1) is 12.8 Å². The third-order valence-electron chi connectivity index (χ3n) is 8.22. The lowest BCUT2D eigenvalue weighted by atomic mass is 9.78. The molecule has 1 aliphatic heterocycles. The summed E-state index contributed by atoms with van der Waals surface area (Å²) in [7, 11) is 0. The van der Waals surface area contributed by atoms with E-state index in [0.717, 1.165) is 37.7 Å². The molecule has 1 amide bonds. The zero-order chi connectivity index (χ0) is 23.3. The van der Waals surface area contributed by atoms with Gasteiger partial charge in [-0.05, 0) is 56.3 Å². The van der Waals surface area contributed by atoms with Crippen LogP contribution in [0.3, 0.4) is 0 Å². The highest BCUT2D eigenvalue weighted by Crippen LogP contribution is 2.37. The Kier molecular flexibility index (Phi) is 8.29. The fourth-order valence-corrected chi connectivity index (χ4v) is 6.32. The quantitative estimate of drug-likeness (QED) is 0.625. The van der Waals surface area contributed by atoms with Gasteiger partial charge in [-0.2, -0.15) is 0 Å². The van der Waals surface area contributed by atoms with Gasteiger partial charge in [0.15, 0.2) is 5.11 Å². The van der Waals surface area contributed by atoms with Crippen molar-refractivity contribution in [2.75, 3.05) is 26.2 Å². The summed E-state index contributed by atoms with van der Waals surface area (Å²) in [5, 5.41) is 7.25. The number of hydrogen-bond acceptors (Lipinski definition) is 3. The van der Waals surface area contributed by atoms with Gasteiger partial charge < -0.3 is 15.5 Å². The number of rotatable bonds is 5. The summed E-state index contributed by atoms with van der Waals surface area (Å²) in [5.41, 5.74) is 2.90. The molecule has 0 unspecified atom stereocenters. The van der Waals surface area contributed by atoms with E-state index in [9.17, 15) is 4.79 Å². The molecule has 3 fully saturated rings. The number of hydrogen-bond donors (Lipinski definition) is 2. The summed E-state index contributed by atoms with van der Waals surface area (Å²) < 4.78 is 0. The Morgan fingerprint density at radius 2 is 1.79 bits per heavy atom. The lowest BCUT2D eigenvalue weighted by Gasteiger charge is -2.53. The molecule has 182 valence electrons. The maximum Gasteiger partial charge on any atom is 0.239 e. The van der Waals surface area contributed by atoms with Crippen LogP contribution < -0.4 is 10.6 Å². The fraction of sp³-hybridized carbons (Fsp3) is 0.704. The average Bonchev–Trinajstić information content (AvgIpc) is 2.82. The van der Waals surface area contributed by atoms with Crippen molar-refractivity contribution >= 4 is 23.2 Å². The second-order valence-corrected chi connectivity index (χ2v) is 11.1. The topological polar surface area (TPSA) is 47.6 Å². The average molecular weight is 471 g/mol. The molecular weight excluding hydrogens is 428 g/mol. The molecule has 2 saturated carbocycles. The van der Waals surface area contributed by atoms with Crippen molar-refractivity contribution in [1.82, 2.24) is 20.4 Å². The highest BCUT2D eigenvalue weighted by molar-refractivity contribution is 7.80. The Hall–Kier alpha value is -1.66. The second-order valence-electron chi connectivity index (χ2n) is 10.7. The minimum absolute atomic E-state index is 0.0708. The molecule has 0 aromatic heterocycles. The first-order chi connectivity index (χ1) is 15.9. The van der Waals surface area contributed by atoms with Gasteiger partial charge in [-0.25, -0.2) is 0 Å². The number of nitrogens with zero attached hydrogens (tertiary/aromatic N) is 2. The van der Waals surface area contributed by atoms with E-state index >= 15 is 0 Å². The van der Waals surface area contributed by atoms with Crippen molar-refractivity contribution < 1.29 is 4.79 Å². The molecule has 4 rings (SSSR count). The van der Waals surface area contributed by atoms with Crippen molar-refractivity contribution in [1.29, 1.82) is 0 Å². The van der Waals surface area contributed by atoms with Crippen molar-refractivity contribution in [3.8, 4) is 0 Å². The Morgan fingerprint density at radius 1 is 1.06 bits per heavy atom. The van der Waals surface area contributed by atoms with Gasteiger partial charge in [0.2, 0.25) is 5.91 Å². The van der Waals surface area contributed by atoms with Gasteiger partial charge in [-0.15, -0.1) is 0 Å². The van der Waals surface area contributed by atoms with Crippen LogP contribution in [0.2, 0.25) is 0 Å². The zero-order valence-corrected chi connectivity index (χ0v) is 21.4. The van der Waals surface area contributed by atoms with E-state index < -0.39 is 0 Å². The molecule has 2 atom stereocenters. The van der Waals surface area contributed by atoms with E-state index in [-0.39, 0.29) is 18.0 Å². The lowest BCUT2D eigenvalue weighted by molar-refractivity contribution is -0.121. The monoisotopic (exact) mass is 470 g/mol. The van der Waals surface area contributed by atoms with Crippen molar-refractivity contribution in [2.45, 2.75) is 89.8 Å². The standard InChI is InChI=1S/C27H42N4OS/c1-21-10-12-23(13-11-21)19-31-17-16-30(20-27(31)14-6-3-7-15-27)26(33)28-18-25(32)29-24-9-5-4-8-22(24)2/h10-13,22,24H,3-9,14-20H2,1-2H3,(H,28,33)(H,29,32)/t22-,24-/m0/s1. The van der Waals surface area contributed by atoms with E-state index in [1.54, 1.807) is 0 Å². The zero-order valence-electron chi connectivity index (χ0n) is 20.6. The first-order valence-electron chi connectivity index (χ1n) is 13.1. The normalized spacial score (nSPS) is 25.6. The summed E-state index contributed by atoms with van der Waals surface area (Å²) in [6.07, 6.45) is 11.2. The Labute approximate surface area is 205 Å². The van der Waals surface area contributed by atoms with Gasteiger partial charge in [0, 0.05) is 37.8 Å². The molecule has 1 spiro atoms. The third-order valence-corrected chi connectivity index (χ3v) is 8.62. The summed E-state index contributed by atoms with van der Waals surface area (Å²) in [6, 6.07) is 9.30. The number of thiocarbonyl (C=S) groups is 1. The molecule has 33 heavy (non-hydrogen) atoms. The molecule has 5 nitrogen and oxygen atoms in total. The molecule has 3 aliphatic rings. The number of benzene rings is 1. The number of carbonyl (C=O) groups is 1. The highest BCUT2D eigenvalue weighted by Gasteiger charge is 2.42. The Bertz CT molecular complexity index is 805. The largest absolute Gasteiger partial charge is 0.353 e. The van der Waals surface area contributed by atoms with Crippen LogP contribution in [0.4, 0.5) is 0 Å². The second kappa shape index (κ2) is 11.2. The van der Waals surface area contributed by atoms with E-state index in [2.05, 4.69) is 58.5 Å². The molecule has 2 aliphatic carbocycles. The maximum atomic E-state index is 12.6. The Morgan fingerprint density at radius 3 is 2.52 bits per heavy atom. The number of nitrogens with one attached hydrogen (secondary N) is 2. The molecule has 6 heteroatoms. The van der Waals surface area contributed by atoms with Gasteiger partial charge in [0.1, 0.15) is 0 Å². The number of amides is 1. The van der Waals surface area contributed by atoms with Crippen LogP contribution in [0.1, 0.15) is 75.8 Å². The molecular formula is C27H42N4OS. The van der Waals surface area contributed by atoms with E-state index in [1.165, 1.54) is 62.5 Å². The smallest absolute Gasteiger partial charge is 0.239 e. The molecule has 2 N–H and O–H groups in total. The molecule has 1 aromatic carbocycles. The number of carbonyl (C=O) groups excluding carboxylic acids is 1. The van der Waals surface area contributed by atoms with Crippen LogP contribution in [0.15, 0.2) is 24.3 Å². The van der Waals surface area contributed by atoms with E-state index in [1.807, 2.05) is 0 Å². The first-order valence-corrected chi connectivity index (χ1v) is 13.5.